The Kier molecular flexibility index (Phi) is 4.28. The summed E-state index contributed by atoms with van der Waals surface area (Å²) in [5.41, 5.74) is 1.06. The molecular formula is C14H17NO2. The average Bonchev–Trinajstić information content (AvgIpc) is 2.36. The highest BCUT2D eigenvalue weighted by Gasteiger charge is 2.26. The molecule has 0 unspecified atom stereocenters. The highest BCUT2D eigenvalue weighted by Crippen LogP contribution is 2.22. The number of rotatable bonds is 4. The minimum Gasteiger partial charge on any atom is -0.460 e. The van der Waals surface area contributed by atoms with Crippen molar-refractivity contribution < 1.29 is 9.53 Å². The van der Waals surface area contributed by atoms with E-state index in [1.165, 1.54) is 0 Å². The molecule has 90 valence electrons. The lowest BCUT2D eigenvalue weighted by atomic mass is 9.91. The lowest BCUT2D eigenvalue weighted by Gasteiger charge is -2.20. The van der Waals surface area contributed by atoms with E-state index >= 15 is 0 Å². The topological polar surface area (TPSA) is 50.1 Å². The molecular weight excluding hydrogens is 214 g/mol. The summed E-state index contributed by atoms with van der Waals surface area (Å²) in [7, 11) is 0. The second kappa shape index (κ2) is 5.49. The molecule has 3 nitrogen and oxygen atoms in total. The summed E-state index contributed by atoms with van der Waals surface area (Å²) in [6, 6.07) is 9.07. The molecule has 0 atom stereocenters. The summed E-state index contributed by atoms with van der Waals surface area (Å²) in [6.45, 7) is 5.96. The second-order valence-corrected chi connectivity index (χ2v) is 4.62. The van der Waals surface area contributed by atoms with Crippen LogP contribution in [-0.2, 0) is 16.1 Å². The number of carbonyl (C=O) groups is 1. The Balaban J connectivity index is 2.56. The number of nitriles is 1. The molecule has 0 spiro atoms. The molecule has 0 bridgehead atoms. The lowest BCUT2D eigenvalue weighted by Crippen LogP contribution is -2.25. The Morgan fingerprint density at radius 2 is 1.94 bits per heavy atom. The Morgan fingerprint density at radius 3 is 2.41 bits per heavy atom. The molecule has 0 saturated carbocycles. The number of carbonyl (C=O) groups excluding carboxylic acids is 1. The van der Waals surface area contributed by atoms with Crippen LogP contribution in [0.4, 0.5) is 0 Å². The third kappa shape index (κ3) is 3.60. The Bertz CT molecular complexity index is 427. The van der Waals surface area contributed by atoms with Crippen molar-refractivity contribution in [3.8, 4) is 6.07 Å². The largest absolute Gasteiger partial charge is 0.460 e. The van der Waals surface area contributed by atoms with E-state index in [4.69, 9.17) is 10.00 Å². The van der Waals surface area contributed by atoms with Crippen LogP contribution < -0.4 is 0 Å². The van der Waals surface area contributed by atoms with Gasteiger partial charge in [0.1, 0.15) is 6.61 Å². The first-order chi connectivity index (χ1) is 7.99. The molecule has 0 aromatic heterocycles. The third-order valence-corrected chi connectivity index (χ3v) is 2.89. The van der Waals surface area contributed by atoms with Crippen molar-refractivity contribution in [3.05, 3.63) is 35.4 Å². The molecule has 3 heteroatoms. The van der Waals surface area contributed by atoms with Gasteiger partial charge in [0.25, 0.3) is 0 Å². The molecule has 17 heavy (non-hydrogen) atoms. The van der Waals surface area contributed by atoms with Crippen molar-refractivity contribution in [2.75, 3.05) is 0 Å². The van der Waals surface area contributed by atoms with Crippen LogP contribution in [0.5, 0.6) is 0 Å². The Labute approximate surface area is 102 Å². The van der Waals surface area contributed by atoms with E-state index in [1.807, 2.05) is 26.8 Å². The quantitative estimate of drug-likeness (QED) is 0.748. The maximum Gasteiger partial charge on any atom is 0.311 e. The number of ether oxygens (including phenoxy) is 1. The summed E-state index contributed by atoms with van der Waals surface area (Å²) < 4.78 is 5.24. The number of benzene rings is 1. The minimum absolute atomic E-state index is 0.190. The molecule has 0 amide bonds. The number of esters is 1. The summed E-state index contributed by atoms with van der Waals surface area (Å²) in [6.07, 6.45) is 0.749. The van der Waals surface area contributed by atoms with Gasteiger partial charge < -0.3 is 4.74 Å². The van der Waals surface area contributed by atoms with E-state index < -0.39 is 5.41 Å². The van der Waals surface area contributed by atoms with Crippen LogP contribution in [0, 0.1) is 16.7 Å². The van der Waals surface area contributed by atoms with Crippen molar-refractivity contribution in [3.63, 3.8) is 0 Å². The van der Waals surface area contributed by atoms with Crippen molar-refractivity contribution >= 4 is 5.97 Å². The zero-order valence-corrected chi connectivity index (χ0v) is 10.5. The van der Waals surface area contributed by atoms with Crippen LogP contribution in [0.25, 0.3) is 0 Å². The third-order valence-electron chi connectivity index (χ3n) is 2.89. The van der Waals surface area contributed by atoms with Gasteiger partial charge in [-0.2, -0.15) is 5.26 Å². The van der Waals surface area contributed by atoms with Crippen molar-refractivity contribution in [1.82, 2.24) is 0 Å². The van der Waals surface area contributed by atoms with Gasteiger partial charge in [-0.3, -0.25) is 4.79 Å². The highest BCUT2D eigenvalue weighted by atomic mass is 16.5. The van der Waals surface area contributed by atoms with E-state index in [0.717, 1.165) is 12.0 Å². The van der Waals surface area contributed by atoms with Gasteiger partial charge in [0, 0.05) is 0 Å². The predicted molar refractivity (Wildman–Crippen MR) is 65.0 cm³/mol. The molecule has 1 aromatic rings. The monoisotopic (exact) mass is 231 g/mol. The highest BCUT2D eigenvalue weighted by molar-refractivity contribution is 5.75. The van der Waals surface area contributed by atoms with Gasteiger partial charge in [-0.05, 0) is 38.0 Å². The summed E-state index contributed by atoms with van der Waals surface area (Å²) >= 11 is 0. The molecule has 1 rings (SSSR count). The van der Waals surface area contributed by atoms with E-state index in [-0.39, 0.29) is 12.6 Å². The molecule has 0 saturated heterocycles. The van der Waals surface area contributed by atoms with Gasteiger partial charge in [0.2, 0.25) is 0 Å². The second-order valence-electron chi connectivity index (χ2n) is 4.62. The maximum atomic E-state index is 11.7. The number of nitrogens with zero attached hydrogens (tertiary/aromatic N) is 1. The van der Waals surface area contributed by atoms with Gasteiger partial charge in [-0.25, -0.2) is 0 Å². The van der Waals surface area contributed by atoms with E-state index in [9.17, 15) is 4.79 Å². The zero-order chi connectivity index (χ0) is 12.9. The zero-order valence-electron chi connectivity index (χ0n) is 10.5. The fraction of sp³-hybridized carbons (Fsp3) is 0.429. The van der Waals surface area contributed by atoms with Crippen LogP contribution in [-0.4, -0.2) is 5.97 Å². The van der Waals surface area contributed by atoms with Crippen LogP contribution in [0.3, 0.4) is 0 Å². The summed E-state index contributed by atoms with van der Waals surface area (Å²) in [5, 5.41) is 8.65. The standard InChI is InChI=1S/C14H17NO2/c1-4-14(2,3)13(16)17-10-12-7-5-11(9-15)6-8-12/h5-8H,4,10H2,1-3H3. The maximum absolute atomic E-state index is 11.7. The molecule has 0 radical (unpaired) electrons. The molecule has 0 aliphatic heterocycles. The molecule has 0 fully saturated rings. The van der Waals surface area contributed by atoms with Crippen molar-refractivity contribution in [2.45, 2.75) is 33.8 Å². The van der Waals surface area contributed by atoms with Gasteiger partial charge in [0.05, 0.1) is 17.0 Å². The fourth-order valence-corrected chi connectivity index (χ4v) is 1.16. The Hall–Kier alpha value is -1.82. The van der Waals surface area contributed by atoms with Crippen molar-refractivity contribution in [2.24, 2.45) is 5.41 Å². The van der Waals surface area contributed by atoms with E-state index in [0.29, 0.717) is 5.56 Å². The van der Waals surface area contributed by atoms with Crippen LogP contribution in [0.1, 0.15) is 38.3 Å². The number of hydrogen-bond donors (Lipinski definition) is 0. The van der Waals surface area contributed by atoms with E-state index in [1.54, 1.807) is 24.3 Å². The van der Waals surface area contributed by atoms with Gasteiger partial charge in [-0.15, -0.1) is 0 Å². The molecule has 0 aliphatic rings. The van der Waals surface area contributed by atoms with Crippen LogP contribution >= 0.6 is 0 Å². The first kappa shape index (κ1) is 13.2. The van der Waals surface area contributed by atoms with Crippen LogP contribution in [0.2, 0.25) is 0 Å². The smallest absolute Gasteiger partial charge is 0.311 e. The van der Waals surface area contributed by atoms with Gasteiger partial charge in [-0.1, -0.05) is 19.1 Å². The minimum atomic E-state index is -0.438. The first-order valence-corrected chi connectivity index (χ1v) is 5.66. The van der Waals surface area contributed by atoms with Crippen LogP contribution in [0.15, 0.2) is 24.3 Å². The van der Waals surface area contributed by atoms with Crippen molar-refractivity contribution in [1.29, 1.82) is 5.26 Å². The van der Waals surface area contributed by atoms with Gasteiger partial charge in [0.15, 0.2) is 0 Å². The predicted octanol–water partition coefficient (Wildman–Crippen LogP) is 3.04. The first-order valence-electron chi connectivity index (χ1n) is 5.66. The molecule has 0 aliphatic carbocycles. The summed E-state index contributed by atoms with van der Waals surface area (Å²) in [4.78, 5) is 11.7. The average molecular weight is 231 g/mol. The van der Waals surface area contributed by atoms with E-state index in [2.05, 4.69) is 0 Å². The van der Waals surface area contributed by atoms with Gasteiger partial charge >= 0.3 is 5.97 Å². The fourth-order valence-electron chi connectivity index (χ4n) is 1.16. The normalized spacial score (nSPS) is 10.7. The summed E-state index contributed by atoms with van der Waals surface area (Å²) in [5.74, 6) is -0.190. The molecule has 0 heterocycles. The number of hydrogen-bond acceptors (Lipinski definition) is 3. The molecule has 0 N–H and O–H groups in total. The molecule has 1 aromatic carbocycles. The lowest BCUT2D eigenvalue weighted by molar-refractivity contribution is -0.155. The SMILES string of the molecule is CCC(C)(C)C(=O)OCc1ccc(C#N)cc1. The Morgan fingerprint density at radius 1 is 1.35 bits per heavy atom.